The highest BCUT2D eigenvalue weighted by Gasteiger charge is 2.21. The molecule has 0 aromatic heterocycles. The molecule has 0 aliphatic carbocycles. The van der Waals surface area contributed by atoms with Crippen LogP contribution in [0.4, 0.5) is 0 Å². The molecule has 0 radical (unpaired) electrons. The summed E-state index contributed by atoms with van der Waals surface area (Å²) < 4.78 is 21.2. The highest BCUT2D eigenvalue weighted by Crippen LogP contribution is 2.04. The summed E-state index contributed by atoms with van der Waals surface area (Å²) in [6.07, 6.45) is 0. The fraction of sp³-hybridized carbons (Fsp3) is 1.00. The molecule has 0 N–H and O–H groups in total. The van der Waals surface area contributed by atoms with Crippen molar-refractivity contribution in [3.8, 4) is 0 Å². The summed E-state index contributed by atoms with van der Waals surface area (Å²) in [4.78, 5) is 0. The molecule has 1 fully saturated rings. The first kappa shape index (κ1) is 6.74. The Hall–Kier alpha value is 0.620. The van der Waals surface area contributed by atoms with E-state index in [4.69, 9.17) is 0 Å². The molecular weight excluding hydrogens is 144 g/mol. The summed E-state index contributed by atoms with van der Waals surface area (Å²) in [5, 5.41) is 0. The van der Waals surface area contributed by atoms with Crippen LogP contribution >= 0.6 is 0 Å². The molecule has 8 heavy (non-hydrogen) atoms. The minimum atomic E-state index is -0.654. The van der Waals surface area contributed by atoms with Gasteiger partial charge in [-0.1, -0.05) is 0 Å². The van der Waals surface area contributed by atoms with Crippen LogP contribution in [-0.2, 0) is 22.4 Å². The Balaban J connectivity index is 2.19. The third-order valence-electron chi connectivity index (χ3n) is 1.08. The third-order valence-corrected chi connectivity index (χ3v) is 4.23. The predicted molar refractivity (Wildman–Crippen MR) is 35.8 cm³/mol. The summed E-state index contributed by atoms with van der Waals surface area (Å²) in [6.45, 7) is 0. The molecule has 1 rings (SSSR count). The lowest BCUT2D eigenvalue weighted by Gasteiger charge is -2.18. The topological polar surface area (TPSA) is 46.1 Å². The lowest BCUT2D eigenvalue weighted by Crippen LogP contribution is -2.31. The van der Waals surface area contributed by atoms with Crippen molar-refractivity contribution in [1.82, 2.24) is 0 Å². The quantitative estimate of drug-likeness (QED) is 0.439. The van der Waals surface area contributed by atoms with Crippen molar-refractivity contribution in [1.29, 1.82) is 0 Å². The fourth-order valence-electron chi connectivity index (χ4n) is 0.576. The largest absolute Gasteiger partial charge is 0.616 e. The van der Waals surface area contributed by atoms with Gasteiger partial charge >= 0.3 is 0 Å². The average molecular weight is 152 g/mol. The second-order valence-electron chi connectivity index (χ2n) is 1.70. The van der Waals surface area contributed by atoms with Crippen molar-refractivity contribution in [2.75, 3.05) is 23.0 Å². The van der Waals surface area contributed by atoms with Crippen LogP contribution in [0.1, 0.15) is 0 Å². The van der Waals surface area contributed by atoms with Gasteiger partial charge in [-0.05, 0) is 22.4 Å². The van der Waals surface area contributed by atoms with Crippen LogP contribution < -0.4 is 0 Å². The summed E-state index contributed by atoms with van der Waals surface area (Å²) >= 11 is -1.31. The first-order valence-corrected chi connectivity index (χ1v) is 5.46. The maximum absolute atomic E-state index is 10.6. The number of hydrogen-bond donors (Lipinski definition) is 0. The lowest BCUT2D eigenvalue weighted by molar-refractivity contribution is 0.580. The molecule has 1 aliphatic heterocycles. The molecule has 48 valence electrons. The predicted octanol–water partition coefficient (Wildman–Crippen LogP) is -0.503. The normalized spacial score (nSPS) is 39.8. The lowest BCUT2D eigenvalue weighted by atomic mass is 10.9. The second kappa shape index (κ2) is 2.96. The molecule has 0 aromatic carbocycles. The van der Waals surface area contributed by atoms with Gasteiger partial charge in [-0.2, -0.15) is 0 Å². The van der Waals surface area contributed by atoms with Crippen LogP contribution in [-0.4, -0.2) is 32.1 Å². The Labute approximate surface area is 55.0 Å². The molecule has 0 saturated carbocycles. The average Bonchev–Trinajstić information content (AvgIpc) is 1.77. The van der Waals surface area contributed by atoms with E-state index in [1.807, 2.05) is 0 Å². The van der Waals surface area contributed by atoms with Crippen molar-refractivity contribution < 1.29 is 9.11 Å². The molecule has 2 nitrogen and oxygen atoms in total. The van der Waals surface area contributed by atoms with E-state index in [0.29, 0.717) is 23.0 Å². The van der Waals surface area contributed by atoms with Gasteiger partial charge in [-0.3, -0.25) is 0 Å². The Morgan fingerprint density at radius 1 is 0.750 bits per heavy atom. The van der Waals surface area contributed by atoms with Gasteiger partial charge in [0, 0.05) is 0 Å². The molecule has 1 saturated heterocycles. The Morgan fingerprint density at radius 3 is 1.25 bits per heavy atom. The van der Waals surface area contributed by atoms with Crippen LogP contribution in [0.3, 0.4) is 0 Å². The Morgan fingerprint density at radius 2 is 1.00 bits per heavy atom. The van der Waals surface area contributed by atoms with Crippen molar-refractivity contribution in [3.63, 3.8) is 0 Å². The van der Waals surface area contributed by atoms with Crippen LogP contribution in [0.15, 0.2) is 0 Å². The van der Waals surface area contributed by atoms with Crippen LogP contribution in [0.5, 0.6) is 0 Å². The van der Waals surface area contributed by atoms with Crippen molar-refractivity contribution in [2.24, 2.45) is 0 Å². The molecule has 0 aromatic rings. The molecular formula is C4H8O2S2. The smallest absolute Gasteiger partial charge is 0.150 e. The molecule has 0 amide bonds. The molecule has 0 atom stereocenters. The zero-order valence-corrected chi connectivity index (χ0v) is 6.09. The molecule has 1 heterocycles. The van der Waals surface area contributed by atoms with Crippen LogP contribution in [0.25, 0.3) is 0 Å². The van der Waals surface area contributed by atoms with E-state index >= 15 is 0 Å². The summed E-state index contributed by atoms with van der Waals surface area (Å²) in [5.74, 6) is 2.58. The first-order valence-electron chi connectivity index (χ1n) is 2.49. The molecule has 0 spiro atoms. The van der Waals surface area contributed by atoms with E-state index in [9.17, 15) is 9.11 Å². The van der Waals surface area contributed by atoms with Gasteiger partial charge in [0.15, 0.2) is 0 Å². The third kappa shape index (κ3) is 1.85. The van der Waals surface area contributed by atoms with E-state index in [2.05, 4.69) is 0 Å². The standard InChI is InChI=1S/C4H8O2S2/c5-7-1-2-8(6)4-3-7/h1-4H2/t7-,8-. The molecule has 1 aliphatic rings. The van der Waals surface area contributed by atoms with Gasteiger partial charge in [-0.15, -0.1) is 0 Å². The minimum Gasteiger partial charge on any atom is -0.616 e. The second-order valence-corrected chi connectivity index (χ2v) is 5.09. The molecule has 0 bridgehead atoms. The molecule has 0 unspecified atom stereocenters. The first-order chi connectivity index (χ1) is 3.79. The van der Waals surface area contributed by atoms with Crippen molar-refractivity contribution >= 4 is 22.4 Å². The maximum Gasteiger partial charge on any atom is 0.150 e. The van der Waals surface area contributed by atoms with E-state index < -0.39 is 22.4 Å². The summed E-state index contributed by atoms with van der Waals surface area (Å²) in [6, 6.07) is 0. The molecule has 4 heteroatoms. The fourth-order valence-corrected chi connectivity index (χ4v) is 3.96. The van der Waals surface area contributed by atoms with Crippen LogP contribution in [0, 0.1) is 0 Å². The van der Waals surface area contributed by atoms with Gasteiger partial charge in [0.05, 0.1) is 0 Å². The highest BCUT2D eigenvalue weighted by molar-refractivity contribution is 7.98. The van der Waals surface area contributed by atoms with E-state index in [0.717, 1.165) is 0 Å². The van der Waals surface area contributed by atoms with Gasteiger partial charge < -0.3 is 9.11 Å². The van der Waals surface area contributed by atoms with Gasteiger partial charge in [0.2, 0.25) is 0 Å². The van der Waals surface area contributed by atoms with Gasteiger partial charge in [0.25, 0.3) is 0 Å². The van der Waals surface area contributed by atoms with Gasteiger partial charge in [-0.25, -0.2) is 0 Å². The van der Waals surface area contributed by atoms with Crippen molar-refractivity contribution in [2.45, 2.75) is 0 Å². The minimum absolute atomic E-state index is 0.645. The van der Waals surface area contributed by atoms with Gasteiger partial charge in [0.1, 0.15) is 23.0 Å². The summed E-state index contributed by atoms with van der Waals surface area (Å²) in [5.41, 5.74) is 0. The van der Waals surface area contributed by atoms with E-state index in [1.165, 1.54) is 0 Å². The Bertz CT molecular complexity index is 60.4. The zero-order chi connectivity index (χ0) is 5.98. The monoisotopic (exact) mass is 152 g/mol. The Kier molecular flexibility index (Phi) is 2.49. The maximum atomic E-state index is 10.6. The van der Waals surface area contributed by atoms with E-state index in [-0.39, 0.29) is 0 Å². The number of hydrogen-bond acceptors (Lipinski definition) is 2. The van der Waals surface area contributed by atoms with E-state index in [1.54, 1.807) is 0 Å². The van der Waals surface area contributed by atoms with Crippen molar-refractivity contribution in [3.05, 3.63) is 0 Å². The SMILES string of the molecule is [O-][S@+]1CC[S@@+]([O-])CC1. The summed E-state index contributed by atoms with van der Waals surface area (Å²) in [7, 11) is 0. The highest BCUT2D eigenvalue weighted by atomic mass is 32.2. The number of rotatable bonds is 0. The van der Waals surface area contributed by atoms with Crippen LogP contribution in [0.2, 0.25) is 0 Å². The zero-order valence-electron chi connectivity index (χ0n) is 4.46.